The molecule has 4 atom stereocenters. The van der Waals surface area contributed by atoms with Crippen molar-refractivity contribution in [3.63, 3.8) is 0 Å². The Morgan fingerprint density at radius 2 is 1.92 bits per heavy atom. The molecule has 10 heteroatoms. The molecule has 136 valence electrons. The lowest BCUT2D eigenvalue weighted by atomic mass is 10.1. The molecule has 3 heterocycles. The van der Waals surface area contributed by atoms with Crippen molar-refractivity contribution in [3.8, 4) is 0 Å². The predicted octanol–water partition coefficient (Wildman–Crippen LogP) is 0.171. The summed E-state index contributed by atoms with van der Waals surface area (Å²) in [5, 5.41) is 29.9. The first-order chi connectivity index (χ1) is 12.6. The Morgan fingerprint density at radius 3 is 2.62 bits per heavy atom. The van der Waals surface area contributed by atoms with Crippen molar-refractivity contribution in [1.29, 1.82) is 0 Å². The van der Waals surface area contributed by atoms with E-state index in [0.717, 1.165) is 4.90 Å². The molecule has 0 radical (unpaired) electrons. The summed E-state index contributed by atoms with van der Waals surface area (Å²) >= 11 is 1.34. The Morgan fingerprint density at radius 1 is 1.15 bits per heavy atom. The summed E-state index contributed by atoms with van der Waals surface area (Å²) in [6, 6.07) is 9.59. The van der Waals surface area contributed by atoms with E-state index in [-0.39, 0.29) is 5.82 Å². The fourth-order valence-corrected chi connectivity index (χ4v) is 3.63. The van der Waals surface area contributed by atoms with Gasteiger partial charge in [-0.25, -0.2) is 15.0 Å². The molecule has 1 saturated heterocycles. The van der Waals surface area contributed by atoms with E-state index in [4.69, 9.17) is 10.5 Å². The van der Waals surface area contributed by atoms with Gasteiger partial charge in [0.1, 0.15) is 23.8 Å². The number of rotatable bonds is 4. The number of anilines is 1. The van der Waals surface area contributed by atoms with Gasteiger partial charge in [0, 0.05) is 4.90 Å². The minimum absolute atomic E-state index is 0.207. The maximum atomic E-state index is 10.2. The number of ether oxygens (including phenoxy) is 1. The van der Waals surface area contributed by atoms with Gasteiger partial charge in [-0.15, -0.1) is 0 Å². The molecule has 1 fully saturated rings. The molecule has 2 unspecified atom stereocenters. The minimum Gasteiger partial charge on any atom is -0.394 e. The molecule has 5 N–H and O–H groups in total. The summed E-state index contributed by atoms with van der Waals surface area (Å²) in [5.74, 6) is 0.207. The summed E-state index contributed by atoms with van der Waals surface area (Å²) in [7, 11) is 0. The largest absolute Gasteiger partial charge is 0.394 e. The lowest BCUT2D eigenvalue weighted by Gasteiger charge is -2.16. The first-order valence-electron chi connectivity index (χ1n) is 7.94. The van der Waals surface area contributed by atoms with Gasteiger partial charge >= 0.3 is 0 Å². The summed E-state index contributed by atoms with van der Waals surface area (Å²) in [4.78, 5) is 13.9. The third-order valence-electron chi connectivity index (χ3n) is 4.17. The average Bonchev–Trinajstić information content (AvgIpc) is 3.18. The fourth-order valence-electron chi connectivity index (χ4n) is 2.85. The summed E-state index contributed by atoms with van der Waals surface area (Å²) in [6.45, 7) is -0.409. The zero-order valence-corrected chi connectivity index (χ0v) is 14.3. The monoisotopic (exact) mass is 375 g/mol. The van der Waals surface area contributed by atoms with Crippen LogP contribution in [0.4, 0.5) is 5.82 Å². The second-order valence-electron chi connectivity index (χ2n) is 5.86. The number of benzene rings is 1. The molecule has 1 aliphatic heterocycles. The molecule has 0 aliphatic carbocycles. The third-order valence-corrected chi connectivity index (χ3v) is 5.04. The number of imidazole rings is 1. The van der Waals surface area contributed by atoms with E-state index >= 15 is 0 Å². The van der Waals surface area contributed by atoms with Gasteiger partial charge in [-0.2, -0.15) is 0 Å². The van der Waals surface area contributed by atoms with Crippen molar-refractivity contribution in [2.75, 3.05) is 12.3 Å². The van der Waals surface area contributed by atoms with Crippen LogP contribution < -0.4 is 5.73 Å². The standard InChI is InChI=1S/C16H17N5O4S/c17-13-10-14(20-16(19-13)26-8-4-2-1-3-5-8)21(7-18-10)15-12(24)11(23)9(6-22)25-15/h1-5,7,9,11-12,15,22-24H,6H2,(H2,17,19,20)/t9-,11?,12?,15-/m1/s1. The van der Waals surface area contributed by atoms with Crippen LogP contribution in [-0.4, -0.2) is 59.8 Å². The van der Waals surface area contributed by atoms with Crippen LogP contribution in [-0.2, 0) is 4.74 Å². The lowest BCUT2D eigenvalue weighted by Crippen LogP contribution is -2.33. The van der Waals surface area contributed by atoms with Crippen molar-refractivity contribution in [2.24, 2.45) is 0 Å². The number of hydrogen-bond donors (Lipinski definition) is 4. The fraction of sp³-hybridized carbons (Fsp3) is 0.312. The SMILES string of the molecule is Nc1nc(Sc2ccccc2)nc2c1ncn2[C@@H]1O[C@H](CO)C(O)C1O. The highest BCUT2D eigenvalue weighted by Crippen LogP contribution is 2.33. The number of aliphatic hydroxyl groups excluding tert-OH is 3. The molecule has 1 aliphatic rings. The van der Waals surface area contributed by atoms with Crippen molar-refractivity contribution in [2.45, 2.75) is 34.6 Å². The van der Waals surface area contributed by atoms with Crippen molar-refractivity contribution >= 4 is 28.7 Å². The molecule has 1 aromatic carbocycles. The van der Waals surface area contributed by atoms with Gasteiger partial charge in [0.15, 0.2) is 22.8 Å². The van der Waals surface area contributed by atoms with Crippen molar-refractivity contribution < 1.29 is 20.1 Å². The normalized spacial score (nSPS) is 25.8. The number of nitrogens with two attached hydrogens (primary N) is 1. The lowest BCUT2D eigenvalue weighted by molar-refractivity contribution is -0.0511. The van der Waals surface area contributed by atoms with E-state index in [1.54, 1.807) is 0 Å². The Labute approximate surface area is 152 Å². The van der Waals surface area contributed by atoms with E-state index in [0.29, 0.717) is 16.3 Å². The minimum atomic E-state index is -1.23. The predicted molar refractivity (Wildman–Crippen MR) is 93.3 cm³/mol. The van der Waals surface area contributed by atoms with Gasteiger partial charge in [0.25, 0.3) is 0 Å². The number of fused-ring (bicyclic) bond motifs is 1. The first-order valence-corrected chi connectivity index (χ1v) is 8.75. The zero-order chi connectivity index (χ0) is 18.3. The molecular formula is C16H17N5O4S. The van der Waals surface area contributed by atoms with E-state index in [2.05, 4.69) is 15.0 Å². The topological polar surface area (TPSA) is 140 Å². The van der Waals surface area contributed by atoms with E-state index < -0.39 is 31.1 Å². The van der Waals surface area contributed by atoms with Gasteiger partial charge in [0.2, 0.25) is 0 Å². The van der Waals surface area contributed by atoms with Crippen LogP contribution in [0.15, 0.2) is 46.7 Å². The van der Waals surface area contributed by atoms with Crippen LogP contribution in [0.5, 0.6) is 0 Å². The highest BCUT2D eigenvalue weighted by atomic mass is 32.2. The van der Waals surface area contributed by atoms with Gasteiger partial charge in [-0.1, -0.05) is 18.2 Å². The van der Waals surface area contributed by atoms with Crippen LogP contribution in [0, 0.1) is 0 Å². The molecule has 0 bridgehead atoms. The molecule has 4 rings (SSSR count). The molecule has 0 amide bonds. The summed E-state index contributed by atoms with van der Waals surface area (Å²) in [6.07, 6.45) is -2.83. The number of nitrogen functional groups attached to an aromatic ring is 1. The number of nitrogens with zero attached hydrogens (tertiary/aromatic N) is 4. The smallest absolute Gasteiger partial charge is 0.196 e. The number of hydrogen-bond acceptors (Lipinski definition) is 9. The van der Waals surface area contributed by atoms with Crippen molar-refractivity contribution in [1.82, 2.24) is 19.5 Å². The Bertz CT molecular complexity index is 922. The summed E-state index contributed by atoms with van der Waals surface area (Å²) < 4.78 is 7.04. The maximum absolute atomic E-state index is 10.2. The Hall–Kier alpha value is -2.24. The van der Waals surface area contributed by atoms with Gasteiger partial charge in [-0.05, 0) is 23.9 Å². The second kappa shape index (κ2) is 6.82. The van der Waals surface area contributed by atoms with Crippen LogP contribution in [0.3, 0.4) is 0 Å². The van der Waals surface area contributed by atoms with Gasteiger partial charge < -0.3 is 25.8 Å². The molecule has 0 saturated carbocycles. The Kier molecular flexibility index (Phi) is 4.51. The highest BCUT2D eigenvalue weighted by Gasteiger charge is 2.44. The van der Waals surface area contributed by atoms with Crippen LogP contribution in [0.25, 0.3) is 11.2 Å². The number of aromatic nitrogens is 4. The Balaban J connectivity index is 1.73. The highest BCUT2D eigenvalue weighted by molar-refractivity contribution is 7.99. The maximum Gasteiger partial charge on any atom is 0.196 e. The van der Waals surface area contributed by atoms with Crippen LogP contribution >= 0.6 is 11.8 Å². The molecule has 9 nitrogen and oxygen atoms in total. The molecular weight excluding hydrogens is 358 g/mol. The zero-order valence-electron chi connectivity index (χ0n) is 13.5. The van der Waals surface area contributed by atoms with E-state index in [1.165, 1.54) is 22.7 Å². The molecule has 0 spiro atoms. The molecule has 2 aromatic heterocycles. The van der Waals surface area contributed by atoms with Gasteiger partial charge in [-0.3, -0.25) is 4.57 Å². The molecule has 3 aromatic rings. The van der Waals surface area contributed by atoms with Crippen molar-refractivity contribution in [3.05, 3.63) is 36.7 Å². The second-order valence-corrected chi connectivity index (χ2v) is 6.90. The van der Waals surface area contributed by atoms with Crippen LogP contribution in [0.1, 0.15) is 6.23 Å². The van der Waals surface area contributed by atoms with Gasteiger partial charge in [0.05, 0.1) is 12.9 Å². The quantitative estimate of drug-likeness (QED) is 0.470. The third kappa shape index (κ3) is 2.91. The molecule has 26 heavy (non-hydrogen) atoms. The van der Waals surface area contributed by atoms with Crippen LogP contribution in [0.2, 0.25) is 0 Å². The van der Waals surface area contributed by atoms with E-state index in [9.17, 15) is 15.3 Å². The first kappa shape index (κ1) is 17.2. The number of aliphatic hydroxyl groups is 3. The average molecular weight is 375 g/mol. The summed E-state index contributed by atoms with van der Waals surface area (Å²) in [5.41, 5.74) is 6.76. The van der Waals surface area contributed by atoms with E-state index in [1.807, 2.05) is 30.3 Å².